The Morgan fingerprint density at radius 2 is 1.72 bits per heavy atom. The van der Waals surface area contributed by atoms with Crippen molar-refractivity contribution in [3.8, 4) is 0 Å². The molecule has 3 unspecified atom stereocenters. The van der Waals surface area contributed by atoms with E-state index in [0.29, 0.717) is 6.54 Å². The maximum Gasteiger partial charge on any atom is 0.130 e. The van der Waals surface area contributed by atoms with E-state index >= 15 is 0 Å². The number of allylic oxidation sites excluding steroid dienone is 5. The highest BCUT2D eigenvalue weighted by molar-refractivity contribution is 5.42. The molecule has 2 nitrogen and oxygen atoms in total. The van der Waals surface area contributed by atoms with Crippen LogP contribution in [0, 0.1) is 16.7 Å². The maximum absolute atomic E-state index is 14.9. The fourth-order valence-electron chi connectivity index (χ4n) is 5.28. The number of rotatable bonds is 0. The second-order valence-electron chi connectivity index (χ2n) is 8.94. The lowest BCUT2D eigenvalue weighted by molar-refractivity contribution is 0.000447. The van der Waals surface area contributed by atoms with Gasteiger partial charge in [-0.15, -0.1) is 0 Å². The predicted octanol–water partition coefficient (Wildman–Crippen LogP) is 4.94. The highest BCUT2D eigenvalue weighted by atomic mass is 19.1. The summed E-state index contributed by atoms with van der Waals surface area (Å²) in [6, 6.07) is 0. The molecule has 0 aromatic carbocycles. The summed E-state index contributed by atoms with van der Waals surface area (Å²) in [5, 5.41) is 0. The third kappa shape index (κ3) is 2.12. The lowest BCUT2D eigenvalue weighted by Crippen LogP contribution is -2.52. The van der Waals surface area contributed by atoms with Gasteiger partial charge in [-0.25, -0.2) is 8.78 Å². The average Bonchev–Trinajstić information content (AvgIpc) is 2.79. The Bertz CT molecular complexity index is 726. The molecular weight excluding hydrogens is 318 g/mol. The number of fused-ring (bicyclic) bond motifs is 4. The van der Waals surface area contributed by atoms with Crippen molar-refractivity contribution in [1.82, 2.24) is 9.80 Å². The van der Waals surface area contributed by atoms with Crippen LogP contribution in [0.1, 0.15) is 40.5 Å². The SMILES string of the molecule is CN1C2=CCCC=C2N2CC3C(=CC(F)=CC3F)C(C)(C)C(C)(C)C12. The molecule has 2 fully saturated rings. The van der Waals surface area contributed by atoms with E-state index in [2.05, 4.69) is 56.7 Å². The molecular formula is C21H28F2N2. The van der Waals surface area contributed by atoms with E-state index in [4.69, 9.17) is 0 Å². The minimum absolute atomic E-state index is 0.139. The summed E-state index contributed by atoms with van der Waals surface area (Å²) < 4.78 is 29.0. The number of likely N-dealkylation sites (N-methyl/N-ethyl adjacent to an activating group) is 1. The smallest absolute Gasteiger partial charge is 0.130 e. The van der Waals surface area contributed by atoms with E-state index in [-0.39, 0.29) is 22.9 Å². The highest BCUT2D eigenvalue weighted by Gasteiger charge is 2.58. The first-order valence-electron chi connectivity index (χ1n) is 9.30. The van der Waals surface area contributed by atoms with Crippen LogP contribution in [0.4, 0.5) is 8.78 Å². The molecule has 0 amide bonds. The first kappa shape index (κ1) is 16.9. The Morgan fingerprint density at radius 3 is 2.40 bits per heavy atom. The molecule has 2 saturated heterocycles. The van der Waals surface area contributed by atoms with Crippen molar-refractivity contribution in [1.29, 1.82) is 0 Å². The number of halogens is 2. The lowest BCUT2D eigenvalue weighted by Gasteiger charge is -2.49. The zero-order valence-corrected chi connectivity index (χ0v) is 15.8. The number of nitrogens with zero attached hydrogens (tertiary/aromatic N) is 2. The Morgan fingerprint density at radius 1 is 1.08 bits per heavy atom. The molecule has 4 aliphatic rings. The summed E-state index contributed by atoms with van der Waals surface area (Å²) >= 11 is 0. The fourth-order valence-corrected chi connectivity index (χ4v) is 5.28. The second kappa shape index (κ2) is 5.21. The molecule has 2 aliphatic heterocycles. The van der Waals surface area contributed by atoms with Crippen LogP contribution < -0.4 is 0 Å². The summed E-state index contributed by atoms with van der Waals surface area (Å²) in [6.45, 7) is 9.39. The van der Waals surface area contributed by atoms with Crippen LogP contribution in [0.3, 0.4) is 0 Å². The van der Waals surface area contributed by atoms with Gasteiger partial charge in [0.05, 0.1) is 11.4 Å². The van der Waals surface area contributed by atoms with Gasteiger partial charge in [-0.2, -0.15) is 0 Å². The highest BCUT2D eigenvalue weighted by Crippen LogP contribution is 2.58. The molecule has 2 heterocycles. The third-order valence-corrected chi connectivity index (χ3v) is 7.22. The van der Waals surface area contributed by atoms with E-state index in [1.165, 1.54) is 11.4 Å². The molecule has 0 radical (unpaired) electrons. The van der Waals surface area contributed by atoms with Crippen LogP contribution in [0.2, 0.25) is 0 Å². The van der Waals surface area contributed by atoms with Crippen molar-refractivity contribution < 1.29 is 8.78 Å². The van der Waals surface area contributed by atoms with E-state index in [1.807, 2.05) is 0 Å². The summed E-state index contributed by atoms with van der Waals surface area (Å²) in [5.41, 5.74) is 2.90. The van der Waals surface area contributed by atoms with Gasteiger partial charge in [-0.05, 0) is 30.4 Å². The molecule has 0 N–H and O–H groups in total. The van der Waals surface area contributed by atoms with Crippen LogP contribution >= 0.6 is 0 Å². The van der Waals surface area contributed by atoms with Gasteiger partial charge < -0.3 is 9.80 Å². The molecule has 4 heteroatoms. The van der Waals surface area contributed by atoms with Gasteiger partial charge in [-0.3, -0.25) is 0 Å². The minimum Gasteiger partial charge on any atom is -0.352 e. The molecule has 0 aromatic rings. The van der Waals surface area contributed by atoms with Gasteiger partial charge in [0, 0.05) is 24.9 Å². The van der Waals surface area contributed by atoms with Crippen molar-refractivity contribution in [3.05, 3.63) is 47.1 Å². The van der Waals surface area contributed by atoms with Crippen LogP contribution in [0.15, 0.2) is 47.1 Å². The Labute approximate surface area is 149 Å². The molecule has 0 aromatic heterocycles. The van der Waals surface area contributed by atoms with Crippen LogP contribution in [-0.4, -0.2) is 35.7 Å². The molecule has 0 saturated carbocycles. The minimum atomic E-state index is -1.27. The summed E-state index contributed by atoms with van der Waals surface area (Å²) in [4.78, 5) is 4.73. The summed E-state index contributed by atoms with van der Waals surface area (Å²) in [7, 11) is 2.14. The van der Waals surface area contributed by atoms with E-state index in [9.17, 15) is 8.78 Å². The predicted molar refractivity (Wildman–Crippen MR) is 96.9 cm³/mol. The Hall–Kier alpha value is -1.58. The third-order valence-electron chi connectivity index (χ3n) is 7.22. The van der Waals surface area contributed by atoms with Crippen molar-refractivity contribution in [2.24, 2.45) is 16.7 Å². The Balaban J connectivity index is 1.90. The van der Waals surface area contributed by atoms with Crippen LogP contribution in [0.25, 0.3) is 0 Å². The van der Waals surface area contributed by atoms with Gasteiger partial charge >= 0.3 is 0 Å². The second-order valence-corrected chi connectivity index (χ2v) is 8.94. The number of hydrogen-bond acceptors (Lipinski definition) is 2. The summed E-state index contributed by atoms with van der Waals surface area (Å²) in [6.07, 6.45) is 8.28. The van der Waals surface area contributed by atoms with Crippen molar-refractivity contribution in [2.75, 3.05) is 13.6 Å². The van der Waals surface area contributed by atoms with Crippen LogP contribution in [0.5, 0.6) is 0 Å². The number of alkyl halides is 1. The van der Waals surface area contributed by atoms with E-state index in [0.717, 1.165) is 24.5 Å². The quantitative estimate of drug-likeness (QED) is 0.613. The molecule has 4 rings (SSSR count). The first-order valence-corrected chi connectivity index (χ1v) is 9.30. The standard InChI is InChI=1S/C21H28F2N2/c1-20(2)15-10-13(22)11-16(23)14(15)12-25-18-9-7-6-8-17(18)24(5)19(25)21(20,3)4/h8-11,14,16,19H,6-7,12H2,1-5H3. The van der Waals surface area contributed by atoms with Gasteiger partial charge in [-0.1, -0.05) is 45.4 Å². The van der Waals surface area contributed by atoms with Crippen molar-refractivity contribution in [3.63, 3.8) is 0 Å². The number of hydrogen-bond donors (Lipinski definition) is 0. The first-order chi connectivity index (χ1) is 11.7. The normalized spacial score (nSPS) is 35.6. The lowest BCUT2D eigenvalue weighted by atomic mass is 9.59. The molecule has 136 valence electrons. The molecule has 0 spiro atoms. The Kier molecular flexibility index (Phi) is 3.52. The van der Waals surface area contributed by atoms with E-state index < -0.39 is 12.0 Å². The largest absolute Gasteiger partial charge is 0.352 e. The molecule has 25 heavy (non-hydrogen) atoms. The fraction of sp³-hybridized carbons (Fsp3) is 0.619. The maximum atomic E-state index is 14.9. The van der Waals surface area contributed by atoms with E-state index in [1.54, 1.807) is 6.08 Å². The molecule has 3 atom stereocenters. The van der Waals surface area contributed by atoms with Crippen molar-refractivity contribution in [2.45, 2.75) is 52.9 Å². The average molecular weight is 346 g/mol. The van der Waals surface area contributed by atoms with Gasteiger partial charge in [0.2, 0.25) is 0 Å². The van der Waals surface area contributed by atoms with Gasteiger partial charge in [0.15, 0.2) is 0 Å². The molecule has 2 aliphatic carbocycles. The van der Waals surface area contributed by atoms with Gasteiger partial charge in [0.25, 0.3) is 0 Å². The zero-order valence-electron chi connectivity index (χ0n) is 15.8. The monoisotopic (exact) mass is 346 g/mol. The van der Waals surface area contributed by atoms with Crippen LogP contribution in [-0.2, 0) is 0 Å². The zero-order chi connectivity index (χ0) is 18.1. The van der Waals surface area contributed by atoms with Gasteiger partial charge in [0.1, 0.15) is 18.2 Å². The molecule has 0 bridgehead atoms. The summed E-state index contributed by atoms with van der Waals surface area (Å²) in [5.74, 6) is -0.732. The van der Waals surface area contributed by atoms with Crippen molar-refractivity contribution >= 4 is 0 Å². The topological polar surface area (TPSA) is 6.48 Å².